The van der Waals surface area contributed by atoms with Crippen LogP contribution in [0, 0.1) is 0 Å². The van der Waals surface area contributed by atoms with Crippen LogP contribution >= 0.6 is 0 Å². The molecule has 0 saturated carbocycles. The molecule has 0 aromatic heterocycles. The molecular weight excluding hydrogens is 244 g/mol. The Hall–Kier alpha value is -1.87. The number of ether oxygens (including phenoxy) is 1. The Bertz CT molecular complexity index is 559. The lowest BCUT2D eigenvalue weighted by atomic mass is 10.2. The van der Waals surface area contributed by atoms with Crippen LogP contribution in [0.15, 0.2) is 66.1 Å². The molecule has 18 heavy (non-hydrogen) atoms. The van der Waals surface area contributed by atoms with E-state index in [2.05, 4.69) is 6.58 Å². The lowest BCUT2D eigenvalue weighted by Crippen LogP contribution is -1.94. The van der Waals surface area contributed by atoms with Gasteiger partial charge >= 0.3 is 0 Å². The zero-order valence-corrected chi connectivity index (χ0v) is 10.9. The zero-order chi connectivity index (χ0) is 13.0. The van der Waals surface area contributed by atoms with Crippen molar-refractivity contribution < 1.29 is 8.95 Å². The highest BCUT2D eigenvalue weighted by Crippen LogP contribution is 2.24. The van der Waals surface area contributed by atoms with E-state index in [0.717, 1.165) is 16.2 Å². The summed E-state index contributed by atoms with van der Waals surface area (Å²) < 4.78 is 17.4. The van der Waals surface area contributed by atoms with Gasteiger partial charge in [0.2, 0.25) is 0 Å². The highest BCUT2D eigenvalue weighted by atomic mass is 32.2. The Morgan fingerprint density at radius 1 is 1.06 bits per heavy atom. The highest BCUT2D eigenvalue weighted by molar-refractivity contribution is 7.94. The quantitative estimate of drug-likeness (QED) is 0.839. The van der Waals surface area contributed by atoms with E-state index in [0.29, 0.717) is 4.91 Å². The van der Waals surface area contributed by atoms with Gasteiger partial charge in [0.1, 0.15) is 5.75 Å². The van der Waals surface area contributed by atoms with E-state index < -0.39 is 10.8 Å². The summed E-state index contributed by atoms with van der Waals surface area (Å²) in [5, 5.41) is 0. The second-order valence-corrected chi connectivity index (χ2v) is 5.24. The molecule has 2 aromatic rings. The first-order chi connectivity index (χ1) is 8.72. The molecule has 1 unspecified atom stereocenters. The standard InChI is InChI=1S/C15H14O2S/c1-12(13-8-10-14(17-2)11-9-13)18(16)15-6-4-3-5-7-15/h3-11H,1H2,2H3. The lowest BCUT2D eigenvalue weighted by molar-refractivity contribution is 0.415. The van der Waals surface area contributed by atoms with Gasteiger partial charge in [-0.25, -0.2) is 4.21 Å². The fraction of sp³-hybridized carbons (Fsp3) is 0.0667. The SMILES string of the molecule is C=C(c1ccc(OC)cc1)S(=O)c1ccccc1. The first-order valence-electron chi connectivity index (χ1n) is 5.52. The minimum absolute atomic E-state index is 0.601. The molecule has 0 heterocycles. The van der Waals surface area contributed by atoms with E-state index in [-0.39, 0.29) is 0 Å². The number of methoxy groups -OCH3 is 1. The van der Waals surface area contributed by atoms with E-state index in [1.807, 2.05) is 54.6 Å². The van der Waals surface area contributed by atoms with Crippen LogP contribution in [-0.4, -0.2) is 11.3 Å². The Morgan fingerprint density at radius 2 is 1.67 bits per heavy atom. The van der Waals surface area contributed by atoms with E-state index in [1.165, 1.54) is 0 Å². The van der Waals surface area contributed by atoms with Gasteiger partial charge in [-0.1, -0.05) is 36.9 Å². The summed E-state index contributed by atoms with van der Waals surface area (Å²) in [6.07, 6.45) is 0. The van der Waals surface area contributed by atoms with Crippen LogP contribution in [0.1, 0.15) is 5.56 Å². The predicted molar refractivity (Wildman–Crippen MR) is 74.9 cm³/mol. The van der Waals surface area contributed by atoms with E-state index >= 15 is 0 Å². The van der Waals surface area contributed by atoms with Gasteiger partial charge < -0.3 is 4.74 Å². The Labute approximate surface area is 109 Å². The molecule has 3 heteroatoms. The average molecular weight is 258 g/mol. The summed E-state index contributed by atoms with van der Waals surface area (Å²) in [4.78, 5) is 1.36. The van der Waals surface area contributed by atoms with Gasteiger partial charge in [-0.3, -0.25) is 0 Å². The van der Waals surface area contributed by atoms with Gasteiger partial charge in [0.15, 0.2) is 0 Å². The van der Waals surface area contributed by atoms with E-state index in [4.69, 9.17) is 4.74 Å². The van der Waals surface area contributed by atoms with Crippen molar-refractivity contribution in [2.75, 3.05) is 7.11 Å². The van der Waals surface area contributed by atoms with Gasteiger partial charge in [0.05, 0.1) is 17.9 Å². The first kappa shape index (κ1) is 12.6. The van der Waals surface area contributed by atoms with Gasteiger partial charge in [-0.05, 0) is 29.8 Å². The third kappa shape index (κ3) is 2.68. The second-order valence-electron chi connectivity index (χ2n) is 3.73. The molecule has 0 aliphatic heterocycles. The Balaban J connectivity index is 2.23. The molecule has 0 aliphatic carbocycles. The monoisotopic (exact) mass is 258 g/mol. The third-order valence-corrected chi connectivity index (χ3v) is 3.98. The average Bonchev–Trinajstić information content (AvgIpc) is 2.47. The summed E-state index contributed by atoms with van der Waals surface area (Å²) in [6, 6.07) is 16.7. The van der Waals surface area contributed by atoms with E-state index in [1.54, 1.807) is 7.11 Å². The van der Waals surface area contributed by atoms with Crippen molar-refractivity contribution in [3.8, 4) is 5.75 Å². The molecule has 2 nitrogen and oxygen atoms in total. The van der Waals surface area contributed by atoms with Crippen LogP contribution in [-0.2, 0) is 10.8 Å². The maximum atomic E-state index is 12.3. The van der Waals surface area contributed by atoms with Crippen LogP contribution in [0.4, 0.5) is 0 Å². The summed E-state index contributed by atoms with van der Waals surface area (Å²) in [6.45, 7) is 3.92. The van der Waals surface area contributed by atoms with Gasteiger partial charge in [-0.2, -0.15) is 0 Å². The minimum atomic E-state index is -1.22. The van der Waals surface area contributed by atoms with Gasteiger partial charge in [0.25, 0.3) is 0 Å². The lowest BCUT2D eigenvalue weighted by Gasteiger charge is -2.07. The third-order valence-electron chi connectivity index (χ3n) is 2.59. The van der Waals surface area contributed by atoms with Crippen LogP contribution in [0.5, 0.6) is 5.75 Å². The Morgan fingerprint density at radius 3 is 2.22 bits per heavy atom. The smallest absolute Gasteiger partial charge is 0.118 e. The molecule has 0 N–H and O–H groups in total. The summed E-state index contributed by atoms with van der Waals surface area (Å²) in [7, 11) is 0.394. The fourth-order valence-corrected chi connectivity index (χ4v) is 2.61. The van der Waals surface area contributed by atoms with Crippen molar-refractivity contribution in [2.24, 2.45) is 0 Å². The topological polar surface area (TPSA) is 26.3 Å². The molecule has 0 fully saturated rings. The fourth-order valence-electron chi connectivity index (χ4n) is 1.57. The molecule has 0 aliphatic rings. The molecular formula is C15H14O2S. The van der Waals surface area contributed by atoms with Gasteiger partial charge in [0, 0.05) is 9.80 Å². The van der Waals surface area contributed by atoms with Crippen molar-refractivity contribution in [1.29, 1.82) is 0 Å². The summed E-state index contributed by atoms with van der Waals surface area (Å²) in [5.74, 6) is 0.775. The number of hydrogen-bond donors (Lipinski definition) is 0. The van der Waals surface area contributed by atoms with Crippen molar-refractivity contribution in [2.45, 2.75) is 4.90 Å². The van der Waals surface area contributed by atoms with Crippen LogP contribution in [0.2, 0.25) is 0 Å². The van der Waals surface area contributed by atoms with Crippen molar-refractivity contribution in [3.05, 3.63) is 66.7 Å². The maximum Gasteiger partial charge on any atom is 0.118 e. The molecule has 2 aromatic carbocycles. The summed E-state index contributed by atoms with van der Waals surface area (Å²) >= 11 is 0. The molecule has 0 spiro atoms. The molecule has 2 rings (SSSR count). The molecule has 1 atom stereocenters. The first-order valence-corrected chi connectivity index (χ1v) is 6.67. The second kappa shape index (κ2) is 5.65. The number of rotatable bonds is 4. The van der Waals surface area contributed by atoms with Crippen LogP contribution < -0.4 is 4.74 Å². The Kier molecular flexibility index (Phi) is 3.95. The maximum absolute atomic E-state index is 12.3. The molecule has 0 radical (unpaired) electrons. The largest absolute Gasteiger partial charge is 0.497 e. The molecule has 0 saturated heterocycles. The highest BCUT2D eigenvalue weighted by Gasteiger charge is 2.09. The van der Waals surface area contributed by atoms with Crippen molar-refractivity contribution >= 4 is 15.7 Å². The minimum Gasteiger partial charge on any atom is -0.497 e. The van der Waals surface area contributed by atoms with Crippen molar-refractivity contribution in [3.63, 3.8) is 0 Å². The molecule has 92 valence electrons. The van der Waals surface area contributed by atoms with Crippen LogP contribution in [0.3, 0.4) is 0 Å². The number of hydrogen-bond acceptors (Lipinski definition) is 2. The van der Waals surface area contributed by atoms with E-state index in [9.17, 15) is 4.21 Å². The normalized spacial score (nSPS) is 11.8. The summed E-state index contributed by atoms with van der Waals surface area (Å²) in [5.41, 5.74) is 0.859. The van der Waals surface area contributed by atoms with Crippen molar-refractivity contribution in [1.82, 2.24) is 0 Å². The predicted octanol–water partition coefficient (Wildman–Crippen LogP) is 3.47. The van der Waals surface area contributed by atoms with Crippen LogP contribution in [0.25, 0.3) is 4.91 Å². The molecule has 0 bridgehead atoms. The molecule has 0 amide bonds. The van der Waals surface area contributed by atoms with Gasteiger partial charge in [-0.15, -0.1) is 0 Å². The zero-order valence-electron chi connectivity index (χ0n) is 10.1. The number of benzene rings is 2.